The Kier molecular flexibility index (Phi) is 23.0. The van der Waals surface area contributed by atoms with Gasteiger partial charge in [-0.15, -0.1) is 0 Å². The number of amides is 2. The lowest BCUT2D eigenvalue weighted by Crippen LogP contribution is -2.52. The fourth-order valence-electron chi connectivity index (χ4n) is 1.61. The summed E-state index contributed by atoms with van der Waals surface area (Å²) in [6.07, 6.45) is 1.08. The van der Waals surface area contributed by atoms with Crippen LogP contribution in [0, 0.1) is 5.92 Å². The van der Waals surface area contributed by atoms with Crippen molar-refractivity contribution < 1.29 is 39.0 Å². The number of aliphatic carboxylic acids is 2. The number of nitrogens with one attached hydrogen (secondary N) is 4. The van der Waals surface area contributed by atoms with Crippen LogP contribution in [0.25, 0.3) is 0 Å². The van der Waals surface area contributed by atoms with Gasteiger partial charge in [-0.2, -0.15) is 0 Å². The zero-order valence-corrected chi connectivity index (χ0v) is 18.3. The van der Waals surface area contributed by atoms with Gasteiger partial charge in [0.1, 0.15) is 18.6 Å². The molecule has 0 heterocycles. The standard InChI is InChI=1S/C11H19N3O6.C4H8O.C3H8N2O/c1-12-8(10(18)13-4-5-15)6-14-7(11(19)20)2-3-9(16)17;1-4(2)3-5;1-5-2-3(4)6/h5,7-8,12,14H,2-4,6H2,1H3,(H,13,18)(H,16,17)(H,19,20);3-4H,1-2H3;5H,2H2,1H3,(H2,4,6). The number of likely N-dealkylation sites (N-methyl/N-ethyl adjacent to an activating group) is 2. The number of nitrogens with two attached hydrogens (primary N) is 1. The van der Waals surface area contributed by atoms with E-state index in [1.54, 1.807) is 7.05 Å². The van der Waals surface area contributed by atoms with Gasteiger partial charge in [0, 0.05) is 18.9 Å². The van der Waals surface area contributed by atoms with Gasteiger partial charge in [-0.1, -0.05) is 13.8 Å². The van der Waals surface area contributed by atoms with Crippen LogP contribution in [0.2, 0.25) is 0 Å². The first-order chi connectivity index (χ1) is 14.5. The number of carboxylic acids is 2. The molecule has 0 fully saturated rings. The molecule has 13 nitrogen and oxygen atoms in total. The summed E-state index contributed by atoms with van der Waals surface area (Å²) in [7, 11) is 3.19. The monoisotopic (exact) mass is 449 g/mol. The van der Waals surface area contributed by atoms with Crippen molar-refractivity contribution in [2.24, 2.45) is 11.7 Å². The number of primary amides is 1. The highest BCUT2D eigenvalue weighted by Gasteiger charge is 2.22. The second-order valence-corrected chi connectivity index (χ2v) is 6.36. The highest BCUT2D eigenvalue weighted by atomic mass is 16.4. The maximum atomic E-state index is 11.6. The summed E-state index contributed by atoms with van der Waals surface area (Å²) in [4.78, 5) is 62.3. The molecule has 0 spiro atoms. The van der Waals surface area contributed by atoms with E-state index in [0.29, 0.717) is 6.29 Å². The molecule has 31 heavy (non-hydrogen) atoms. The van der Waals surface area contributed by atoms with E-state index in [9.17, 15) is 28.8 Å². The van der Waals surface area contributed by atoms with Crippen LogP contribution < -0.4 is 27.0 Å². The number of aldehydes is 2. The smallest absolute Gasteiger partial charge is 0.320 e. The predicted octanol–water partition coefficient (Wildman–Crippen LogP) is -2.67. The van der Waals surface area contributed by atoms with Gasteiger partial charge >= 0.3 is 11.9 Å². The zero-order chi connectivity index (χ0) is 24.8. The molecular weight excluding hydrogens is 414 g/mol. The van der Waals surface area contributed by atoms with Gasteiger partial charge in [-0.3, -0.25) is 19.2 Å². The van der Waals surface area contributed by atoms with Gasteiger partial charge in [-0.25, -0.2) is 0 Å². The summed E-state index contributed by atoms with van der Waals surface area (Å²) in [5.41, 5.74) is 4.70. The predicted molar refractivity (Wildman–Crippen MR) is 112 cm³/mol. The number of carbonyl (C=O) groups excluding carboxylic acids is 4. The third kappa shape index (κ3) is 25.1. The lowest BCUT2D eigenvalue weighted by atomic mass is 10.1. The molecule has 0 radical (unpaired) electrons. The van der Waals surface area contributed by atoms with Crippen LogP contribution >= 0.6 is 0 Å². The van der Waals surface area contributed by atoms with Crippen molar-refractivity contribution >= 4 is 36.3 Å². The number of rotatable bonds is 14. The average molecular weight is 450 g/mol. The van der Waals surface area contributed by atoms with Gasteiger partial charge in [0.15, 0.2) is 0 Å². The second-order valence-electron chi connectivity index (χ2n) is 6.36. The highest BCUT2D eigenvalue weighted by molar-refractivity contribution is 5.83. The van der Waals surface area contributed by atoms with Gasteiger partial charge in [0.2, 0.25) is 11.8 Å². The Morgan fingerprint density at radius 2 is 1.58 bits per heavy atom. The van der Waals surface area contributed by atoms with E-state index >= 15 is 0 Å². The fourth-order valence-corrected chi connectivity index (χ4v) is 1.61. The highest BCUT2D eigenvalue weighted by Crippen LogP contribution is 1.98. The molecule has 0 aliphatic carbocycles. The molecule has 2 unspecified atom stereocenters. The maximum absolute atomic E-state index is 11.6. The van der Waals surface area contributed by atoms with E-state index < -0.39 is 29.9 Å². The van der Waals surface area contributed by atoms with Crippen LogP contribution in [0.1, 0.15) is 26.7 Å². The Balaban J connectivity index is -0.000000583. The van der Waals surface area contributed by atoms with E-state index in [1.807, 2.05) is 13.8 Å². The van der Waals surface area contributed by atoms with Crippen molar-refractivity contribution in [2.45, 2.75) is 38.8 Å². The van der Waals surface area contributed by atoms with E-state index in [0.717, 1.165) is 6.29 Å². The third-order valence-electron chi connectivity index (χ3n) is 3.16. The summed E-state index contributed by atoms with van der Waals surface area (Å²) in [6.45, 7) is 3.84. The van der Waals surface area contributed by atoms with Crippen molar-refractivity contribution in [3.05, 3.63) is 0 Å². The molecule has 0 aromatic carbocycles. The normalized spacial score (nSPS) is 11.5. The Bertz CT molecular complexity index is 557. The molecule has 2 amide bonds. The Morgan fingerprint density at radius 3 is 1.87 bits per heavy atom. The number of hydrogen-bond acceptors (Lipinski definition) is 9. The van der Waals surface area contributed by atoms with E-state index in [2.05, 4.69) is 21.3 Å². The second kappa shape index (κ2) is 21.8. The first kappa shape index (κ1) is 32.8. The summed E-state index contributed by atoms with van der Waals surface area (Å²) >= 11 is 0. The largest absolute Gasteiger partial charge is 0.481 e. The number of carbonyl (C=O) groups is 6. The molecule has 8 N–H and O–H groups in total. The third-order valence-corrected chi connectivity index (χ3v) is 3.16. The SMILES string of the molecule is CC(C)C=O.CNC(CNC(CCC(=O)O)C(=O)O)C(=O)NCC=O.CNCC(N)=O. The van der Waals surface area contributed by atoms with Crippen molar-refractivity contribution in [3.63, 3.8) is 0 Å². The molecule has 13 heteroatoms. The van der Waals surface area contributed by atoms with E-state index in [1.165, 1.54) is 7.05 Å². The van der Waals surface area contributed by atoms with Gasteiger partial charge in [0.05, 0.1) is 19.1 Å². The zero-order valence-electron chi connectivity index (χ0n) is 18.3. The van der Waals surface area contributed by atoms with Crippen LogP contribution in [0.15, 0.2) is 0 Å². The minimum atomic E-state index is -1.19. The van der Waals surface area contributed by atoms with Gasteiger partial charge in [-0.05, 0) is 20.5 Å². The molecule has 0 aliphatic rings. The molecule has 0 saturated carbocycles. The van der Waals surface area contributed by atoms with Crippen molar-refractivity contribution in [1.82, 2.24) is 21.3 Å². The van der Waals surface area contributed by atoms with Crippen molar-refractivity contribution in [3.8, 4) is 0 Å². The molecule has 0 rings (SSSR count). The molecule has 0 saturated heterocycles. The fraction of sp³-hybridized carbons (Fsp3) is 0.667. The Morgan fingerprint density at radius 1 is 1.03 bits per heavy atom. The quantitative estimate of drug-likeness (QED) is 0.136. The van der Waals surface area contributed by atoms with E-state index in [-0.39, 0.29) is 44.3 Å². The maximum Gasteiger partial charge on any atom is 0.320 e. The lowest BCUT2D eigenvalue weighted by molar-refractivity contribution is -0.141. The van der Waals surface area contributed by atoms with Crippen LogP contribution in [-0.4, -0.2) is 92.4 Å². The molecule has 0 bridgehead atoms. The summed E-state index contributed by atoms with van der Waals surface area (Å²) < 4.78 is 0. The first-order valence-corrected chi connectivity index (χ1v) is 9.41. The van der Waals surface area contributed by atoms with Crippen molar-refractivity contribution in [2.75, 3.05) is 33.7 Å². The Hall–Kier alpha value is -2.90. The van der Waals surface area contributed by atoms with Crippen LogP contribution in [0.3, 0.4) is 0 Å². The minimum absolute atomic E-state index is 0.00221. The van der Waals surface area contributed by atoms with Crippen LogP contribution in [0.5, 0.6) is 0 Å². The molecule has 180 valence electrons. The molecule has 0 aromatic heterocycles. The van der Waals surface area contributed by atoms with E-state index in [4.69, 9.17) is 15.9 Å². The number of hydrogen-bond donors (Lipinski definition) is 7. The topological polar surface area (TPSA) is 217 Å². The Labute approximate surface area is 181 Å². The first-order valence-electron chi connectivity index (χ1n) is 9.41. The summed E-state index contributed by atoms with van der Waals surface area (Å²) in [5.74, 6) is -2.84. The van der Waals surface area contributed by atoms with Crippen LogP contribution in [0.4, 0.5) is 0 Å². The summed E-state index contributed by atoms with van der Waals surface area (Å²) in [5, 5.41) is 27.7. The molecular formula is C18H35N5O8. The number of carboxylic acid groups (broad SMARTS) is 2. The summed E-state index contributed by atoms with van der Waals surface area (Å²) in [6, 6.07) is -1.78. The average Bonchev–Trinajstić information content (AvgIpc) is 2.69. The van der Waals surface area contributed by atoms with Crippen LogP contribution in [-0.2, 0) is 28.8 Å². The van der Waals surface area contributed by atoms with Gasteiger partial charge in [0.25, 0.3) is 0 Å². The molecule has 0 aliphatic heterocycles. The minimum Gasteiger partial charge on any atom is -0.481 e. The molecule has 2 atom stereocenters. The van der Waals surface area contributed by atoms with Gasteiger partial charge < -0.3 is 46.8 Å². The van der Waals surface area contributed by atoms with Crippen molar-refractivity contribution in [1.29, 1.82) is 0 Å². The molecule has 0 aromatic rings. The lowest BCUT2D eigenvalue weighted by Gasteiger charge is -2.19.